The number of hydrogen-bond donors (Lipinski definition) is 1. The summed E-state index contributed by atoms with van der Waals surface area (Å²) in [4.78, 5) is 0. The molecule has 17 heavy (non-hydrogen) atoms. The van der Waals surface area contributed by atoms with Crippen LogP contribution in [0.25, 0.3) is 10.8 Å². The fourth-order valence-corrected chi connectivity index (χ4v) is 2.66. The minimum absolute atomic E-state index is 0.807. The highest BCUT2D eigenvalue weighted by Crippen LogP contribution is 2.27. The number of hydrogen-bond acceptors (Lipinski definition) is 1. The number of rotatable bonds is 5. The molecule has 2 N–H and O–H groups in total. The van der Waals surface area contributed by atoms with Crippen molar-refractivity contribution in [3.05, 3.63) is 46.4 Å². The zero-order valence-corrected chi connectivity index (χ0v) is 11.5. The zero-order valence-electron chi connectivity index (χ0n) is 9.95. The number of benzene rings is 2. The van der Waals surface area contributed by atoms with Gasteiger partial charge in [-0.3, -0.25) is 0 Å². The minimum Gasteiger partial charge on any atom is -0.330 e. The maximum Gasteiger partial charge on any atom is 0.0253 e. The summed E-state index contributed by atoms with van der Waals surface area (Å²) >= 11 is 3.61. The Labute approximate surface area is 111 Å². The van der Waals surface area contributed by atoms with Crippen LogP contribution >= 0.6 is 15.9 Å². The zero-order chi connectivity index (χ0) is 12.1. The van der Waals surface area contributed by atoms with Crippen molar-refractivity contribution in [3.8, 4) is 0 Å². The standard InChI is InChI=1S/C15H18BrN/c16-15-10-9-12(6-2-1-5-11-17)13-7-3-4-8-14(13)15/h3-4,7-10H,1-2,5-6,11,17H2. The number of unbranched alkanes of at least 4 members (excludes halogenated alkanes) is 2. The number of halogens is 1. The first kappa shape index (κ1) is 12.6. The van der Waals surface area contributed by atoms with Crippen molar-refractivity contribution in [1.82, 2.24) is 0 Å². The first-order valence-electron chi connectivity index (χ1n) is 6.19. The third kappa shape index (κ3) is 3.08. The van der Waals surface area contributed by atoms with E-state index in [0.717, 1.165) is 19.4 Å². The molecule has 0 aromatic heterocycles. The maximum atomic E-state index is 5.51. The fraction of sp³-hybridized carbons (Fsp3) is 0.333. The monoisotopic (exact) mass is 291 g/mol. The van der Waals surface area contributed by atoms with Gasteiger partial charge in [-0.1, -0.05) is 52.7 Å². The van der Waals surface area contributed by atoms with Gasteiger partial charge in [-0.2, -0.15) is 0 Å². The van der Waals surface area contributed by atoms with Crippen molar-refractivity contribution in [2.24, 2.45) is 5.73 Å². The van der Waals surface area contributed by atoms with Crippen molar-refractivity contribution >= 4 is 26.7 Å². The maximum absolute atomic E-state index is 5.51. The number of fused-ring (bicyclic) bond motifs is 1. The Bertz CT molecular complexity index is 493. The molecule has 2 rings (SSSR count). The first-order valence-corrected chi connectivity index (χ1v) is 6.98. The van der Waals surface area contributed by atoms with Crippen LogP contribution in [0.4, 0.5) is 0 Å². The molecule has 0 fully saturated rings. The lowest BCUT2D eigenvalue weighted by Crippen LogP contribution is -1.98. The lowest BCUT2D eigenvalue weighted by molar-refractivity contribution is 0.688. The highest BCUT2D eigenvalue weighted by Gasteiger charge is 2.03. The van der Waals surface area contributed by atoms with Crippen molar-refractivity contribution in [1.29, 1.82) is 0 Å². The average molecular weight is 292 g/mol. The summed E-state index contributed by atoms with van der Waals surface area (Å²) in [6.07, 6.45) is 4.73. The number of aryl methyl sites for hydroxylation is 1. The van der Waals surface area contributed by atoms with Crippen LogP contribution in [0.1, 0.15) is 24.8 Å². The molecule has 0 saturated carbocycles. The van der Waals surface area contributed by atoms with Crippen LogP contribution in [0, 0.1) is 0 Å². The second-order valence-electron chi connectivity index (χ2n) is 4.35. The highest BCUT2D eigenvalue weighted by molar-refractivity contribution is 9.10. The molecule has 0 heterocycles. The molecular weight excluding hydrogens is 274 g/mol. The summed E-state index contributed by atoms with van der Waals surface area (Å²) < 4.78 is 1.18. The molecule has 2 heteroatoms. The molecule has 90 valence electrons. The third-order valence-electron chi connectivity index (χ3n) is 3.11. The van der Waals surface area contributed by atoms with Crippen LogP contribution in [0.2, 0.25) is 0 Å². The lowest BCUT2D eigenvalue weighted by atomic mass is 10.00. The van der Waals surface area contributed by atoms with E-state index in [9.17, 15) is 0 Å². The van der Waals surface area contributed by atoms with Crippen LogP contribution in [0.3, 0.4) is 0 Å². The van der Waals surface area contributed by atoms with Gasteiger partial charge in [-0.15, -0.1) is 0 Å². The smallest absolute Gasteiger partial charge is 0.0253 e. The molecule has 0 aliphatic heterocycles. The number of nitrogens with two attached hydrogens (primary N) is 1. The van der Waals surface area contributed by atoms with E-state index in [0.29, 0.717) is 0 Å². The Balaban J connectivity index is 2.20. The summed E-state index contributed by atoms with van der Waals surface area (Å²) in [5.41, 5.74) is 6.96. The Hall–Kier alpha value is -0.860. The molecule has 0 saturated heterocycles. The SMILES string of the molecule is NCCCCCc1ccc(Br)c2ccccc12. The van der Waals surface area contributed by atoms with Gasteiger partial charge in [0.2, 0.25) is 0 Å². The van der Waals surface area contributed by atoms with Crippen molar-refractivity contribution in [2.75, 3.05) is 6.54 Å². The summed E-state index contributed by atoms with van der Waals surface area (Å²) in [5, 5.41) is 2.68. The van der Waals surface area contributed by atoms with E-state index < -0.39 is 0 Å². The van der Waals surface area contributed by atoms with E-state index in [-0.39, 0.29) is 0 Å². The highest BCUT2D eigenvalue weighted by atomic mass is 79.9. The molecule has 1 nitrogen and oxygen atoms in total. The second kappa shape index (κ2) is 6.18. The molecule has 0 unspecified atom stereocenters. The van der Waals surface area contributed by atoms with Crippen LogP contribution in [-0.2, 0) is 6.42 Å². The summed E-state index contributed by atoms with van der Waals surface area (Å²) in [6, 6.07) is 13.0. The van der Waals surface area contributed by atoms with Gasteiger partial charge in [0.25, 0.3) is 0 Å². The van der Waals surface area contributed by atoms with E-state index in [4.69, 9.17) is 5.73 Å². The molecule has 0 spiro atoms. The Kier molecular flexibility index (Phi) is 4.57. The lowest BCUT2D eigenvalue weighted by Gasteiger charge is -2.08. The molecule has 2 aromatic carbocycles. The minimum atomic E-state index is 0.807. The second-order valence-corrected chi connectivity index (χ2v) is 5.21. The van der Waals surface area contributed by atoms with E-state index in [1.807, 2.05) is 0 Å². The summed E-state index contributed by atoms with van der Waals surface area (Å²) in [6.45, 7) is 0.807. The topological polar surface area (TPSA) is 26.0 Å². The van der Waals surface area contributed by atoms with Crippen molar-refractivity contribution < 1.29 is 0 Å². The quantitative estimate of drug-likeness (QED) is 0.818. The van der Waals surface area contributed by atoms with Crippen LogP contribution in [0.15, 0.2) is 40.9 Å². The van der Waals surface area contributed by atoms with Gasteiger partial charge in [-0.25, -0.2) is 0 Å². The average Bonchev–Trinajstić information content (AvgIpc) is 2.37. The van der Waals surface area contributed by atoms with Crippen LogP contribution < -0.4 is 5.73 Å². The molecule has 0 atom stereocenters. The summed E-state index contributed by atoms with van der Waals surface area (Å²) in [5.74, 6) is 0. The van der Waals surface area contributed by atoms with Crippen LogP contribution in [0.5, 0.6) is 0 Å². The molecule has 0 aliphatic carbocycles. The third-order valence-corrected chi connectivity index (χ3v) is 3.80. The fourth-order valence-electron chi connectivity index (χ4n) is 2.18. The largest absolute Gasteiger partial charge is 0.330 e. The van der Waals surface area contributed by atoms with Crippen molar-refractivity contribution in [2.45, 2.75) is 25.7 Å². The predicted molar refractivity (Wildman–Crippen MR) is 78.3 cm³/mol. The Morgan fingerprint density at radius 1 is 0.882 bits per heavy atom. The van der Waals surface area contributed by atoms with Gasteiger partial charge in [0.15, 0.2) is 0 Å². The summed E-state index contributed by atoms with van der Waals surface area (Å²) in [7, 11) is 0. The van der Waals surface area contributed by atoms with Crippen molar-refractivity contribution in [3.63, 3.8) is 0 Å². The molecule has 0 amide bonds. The van der Waals surface area contributed by atoms with Gasteiger partial charge in [-0.05, 0) is 48.2 Å². The molecule has 0 aliphatic rings. The normalized spacial score (nSPS) is 10.9. The Morgan fingerprint density at radius 3 is 2.41 bits per heavy atom. The van der Waals surface area contributed by atoms with E-state index in [1.54, 1.807) is 0 Å². The van der Waals surface area contributed by atoms with E-state index in [2.05, 4.69) is 52.3 Å². The van der Waals surface area contributed by atoms with Crippen LogP contribution in [-0.4, -0.2) is 6.54 Å². The van der Waals surface area contributed by atoms with Gasteiger partial charge in [0, 0.05) is 4.47 Å². The van der Waals surface area contributed by atoms with Gasteiger partial charge in [0.1, 0.15) is 0 Å². The molecular formula is C15H18BrN. The molecule has 2 aromatic rings. The Morgan fingerprint density at radius 2 is 1.65 bits per heavy atom. The van der Waals surface area contributed by atoms with Gasteiger partial charge < -0.3 is 5.73 Å². The van der Waals surface area contributed by atoms with E-state index in [1.165, 1.54) is 33.7 Å². The van der Waals surface area contributed by atoms with Gasteiger partial charge in [0.05, 0.1) is 0 Å². The van der Waals surface area contributed by atoms with Gasteiger partial charge >= 0.3 is 0 Å². The first-order chi connectivity index (χ1) is 8.33. The van der Waals surface area contributed by atoms with E-state index >= 15 is 0 Å². The molecule has 0 radical (unpaired) electrons. The molecule has 0 bridgehead atoms. The predicted octanol–water partition coefficient (Wildman–Crippen LogP) is 4.27.